The second kappa shape index (κ2) is 5.28. The van der Waals surface area contributed by atoms with Crippen LogP contribution in [0.15, 0.2) is 12.1 Å². The van der Waals surface area contributed by atoms with Crippen molar-refractivity contribution >= 4 is 17.3 Å². The molecule has 0 bridgehead atoms. The molecule has 1 aliphatic heterocycles. The molecule has 0 aromatic heterocycles. The number of methoxy groups -OCH3 is 1. The number of benzene rings is 1. The highest BCUT2D eigenvalue weighted by atomic mass is 19.1. The Morgan fingerprint density at radius 3 is 2.80 bits per heavy atom. The van der Waals surface area contributed by atoms with E-state index in [0.717, 1.165) is 6.07 Å². The van der Waals surface area contributed by atoms with Gasteiger partial charge in [-0.3, -0.25) is 0 Å². The van der Waals surface area contributed by atoms with Gasteiger partial charge in [0.25, 0.3) is 0 Å². The Labute approximate surface area is 117 Å². The summed E-state index contributed by atoms with van der Waals surface area (Å²) in [7, 11) is 1.21. The monoisotopic (exact) mass is 282 g/mol. The number of hydrogen-bond acceptors (Lipinski definition) is 5. The molecule has 0 amide bonds. The Morgan fingerprint density at radius 1 is 1.55 bits per heavy atom. The SMILES string of the molecule is COC(=O)c1cc(N[C@@H]2COCC2(C)C)c(N)cc1F. The highest BCUT2D eigenvalue weighted by Gasteiger charge is 2.36. The molecule has 6 heteroatoms. The molecule has 0 spiro atoms. The van der Waals surface area contributed by atoms with Crippen molar-refractivity contribution in [2.24, 2.45) is 5.41 Å². The number of carbonyl (C=O) groups is 1. The van der Waals surface area contributed by atoms with Crippen LogP contribution in [0.2, 0.25) is 0 Å². The van der Waals surface area contributed by atoms with Gasteiger partial charge in [-0.15, -0.1) is 0 Å². The van der Waals surface area contributed by atoms with E-state index in [1.54, 1.807) is 0 Å². The first-order valence-electron chi connectivity index (χ1n) is 6.37. The first kappa shape index (κ1) is 14.6. The van der Waals surface area contributed by atoms with E-state index in [4.69, 9.17) is 10.5 Å². The third kappa shape index (κ3) is 2.70. The van der Waals surface area contributed by atoms with Gasteiger partial charge in [0, 0.05) is 5.41 Å². The average Bonchev–Trinajstić information content (AvgIpc) is 2.71. The Morgan fingerprint density at radius 2 is 2.25 bits per heavy atom. The van der Waals surface area contributed by atoms with Crippen molar-refractivity contribution < 1.29 is 18.7 Å². The molecule has 0 saturated carbocycles. The summed E-state index contributed by atoms with van der Waals surface area (Å²) in [6, 6.07) is 2.54. The fraction of sp³-hybridized carbons (Fsp3) is 0.500. The van der Waals surface area contributed by atoms with Gasteiger partial charge in [0.2, 0.25) is 0 Å². The van der Waals surface area contributed by atoms with Crippen LogP contribution in [-0.2, 0) is 9.47 Å². The highest BCUT2D eigenvalue weighted by molar-refractivity contribution is 5.92. The van der Waals surface area contributed by atoms with Crippen LogP contribution < -0.4 is 11.1 Å². The number of hydrogen-bond donors (Lipinski definition) is 2. The summed E-state index contributed by atoms with van der Waals surface area (Å²) in [4.78, 5) is 11.5. The lowest BCUT2D eigenvalue weighted by Gasteiger charge is -2.27. The van der Waals surface area contributed by atoms with E-state index in [2.05, 4.69) is 23.9 Å². The van der Waals surface area contributed by atoms with E-state index in [9.17, 15) is 9.18 Å². The van der Waals surface area contributed by atoms with Crippen molar-refractivity contribution in [2.75, 3.05) is 31.4 Å². The number of esters is 1. The van der Waals surface area contributed by atoms with Crippen molar-refractivity contribution in [3.05, 3.63) is 23.5 Å². The third-order valence-electron chi connectivity index (χ3n) is 3.58. The van der Waals surface area contributed by atoms with Crippen molar-refractivity contribution in [3.63, 3.8) is 0 Å². The zero-order valence-corrected chi connectivity index (χ0v) is 11.8. The molecule has 1 atom stereocenters. The summed E-state index contributed by atoms with van der Waals surface area (Å²) in [6.07, 6.45) is 0. The minimum absolute atomic E-state index is 0.0424. The standard InChI is InChI=1S/C14H19FN2O3/c1-14(2)7-20-6-12(14)17-11-4-8(13(18)19-3)9(15)5-10(11)16/h4-5,12,17H,6-7,16H2,1-3H3/t12-/m1/s1. The van der Waals surface area contributed by atoms with Crippen LogP contribution in [-0.4, -0.2) is 32.3 Å². The molecule has 1 fully saturated rings. The van der Waals surface area contributed by atoms with Crippen LogP contribution in [0.3, 0.4) is 0 Å². The Balaban J connectivity index is 2.30. The van der Waals surface area contributed by atoms with Crippen molar-refractivity contribution in [1.29, 1.82) is 0 Å². The smallest absolute Gasteiger partial charge is 0.340 e. The molecule has 2 rings (SSSR count). The normalized spacial score (nSPS) is 20.7. The average molecular weight is 282 g/mol. The minimum atomic E-state index is -0.729. The van der Waals surface area contributed by atoms with Crippen LogP contribution in [0.25, 0.3) is 0 Å². The number of anilines is 2. The molecule has 3 N–H and O–H groups in total. The minimum Gasteiger partial charge on any atom is -0.465 e. The number of ether oxygens (including phenoxy) is 2. The van der Waals surface area contributed by atoms with E-state index in [1.807, 2.05) is 0 Å². The lowest BCUT2D eigenvalue weighted by atomic mass is 9.87. The Bertz CT molecular complexity index is 531. The first-order valence-corrected chi connectivity index (χ1v) is 6.37. The summed E-state index contributed by atoms with van der Waals surface area (Å²) in [5.74, 6) is -1.42. The second-order valence-corrected chi connectivity index (χ2v) is 5.61. The maximum Gasteiger partial charge on any atom is 0.340 e. The van der Waals surface area contributed by atoms with Crippen LogP contribution in [0.1, 0.15) is 24.2 Å². The fourth-order valence-corrected chi connectivity index (χ4v) is 2.17. The van der Waals surface area contributed by atoms with Crippen molar-refractivity contribution in [2.45, 2.75) is 19.9 Å². The van der Waals surface area contributed by atoms with E-state index >= 15 is 0 Å². The molecular formula is C14H19FN2O3. The summed E-state index contributed by atoms with van der Waals surface area (Å²) in [5.41, 5.74) is 6.36. The van der Waals surface area contributed by atoms with E-state index in [1.165, 1.54) is 13.2 Å². The van der Waals surface area contributed by atoms with Gasteiger partial charge in [-0.05, 0) is 12.1 Å². The number of rotatable bonds is 3. The highest BCUT2D eigenvalue weighted by Crippen LogP contribution is 2.32. The van der Waals surface area contributed by atoms with Gasteiger partial charge in [0.05, 0.1) is 43.3 Å². The largest absolute Gasteiger partial charge is 0.465 e. The quantitative estimate of drug-likeness (QED) is 0.655. The van der Waals surface area contributed by atoms with E-state index in [0.29, 0.717) is 18.9 Å². The molecule has 1 aromatic rings. The summed E-state index contributed by atoms with van der Waals surface area (Å²) >= 11 is 0. The number of nitrogen functional groups attached to an aromatic ring is 1. The molecular weight excluding hydrogens is 263 g/mol. The second-order valence-electron chi connectivity index (χ2n) is 5.61. The molecule has 0 radical (unpaired) electrons. The number of halogens is 1. The van der Waals surface area contributed by atoms with Gasteiger partial charge in [-0.1, -0.05) is 13.8 Å². The van der Waals surface area contributed by atoms with Crippen molar-refractivity contribution in [3.8, 4) is 0 Å². The van der Waals surface area contributed by atoms with Gasteiger partial charge in [0.15, 0.2) is 0 Å². The molecule has 5 nitrogen and oxygen atoms in total. The molecule has 1 aliphatic rings. The summed E-state index contributed by atoms with van der Waals surface area (Å²) < 4.78 is 23.7. The maximum absolute atomic E-state index is 13.7. The lowest BCUT2D eigenvalue weighted by Crippen LogP contribution is -2.35. The van der Waals surface area contributed by atoms with Gasteiger partial charge in [-0.25, -0.2) is 9.18 Å². The number of nitrogens with two attached hydrogens (primary N) is 1. The zero-order chi connectivity index (χ0) is 14.9. The molecule has 0 unspecified atom stereocenters. The molecule has 20 heavy (non-hydrogen) atoms. The molecule has 1 aromatic carbocycles. The first-order chi connectivity index (χ1) is 9.35. The lowest BCUT2D eigenvalue weighted by molar-refractivity contribution is 0.0595. The summed E-state index contributed by atoms with van der Waals surface area (Å²) in [6.45, 7) is 5.31. The predicted molar refractivity (Wildman–Crippen MR) is 74.2 cm³/mol. The number of nitrogens with one attached hydrogen (secondary N) is 1. The van der Waals surface area contributed by atoms with Crippen LogP contribution >= 0.6 is 0 Å². The zero-order valence-electron chi connectivity index (χ0n) is 11.8. The third-order valence-corrected chi connectivity index (χ3v) is 3.58. The van der Waals surface area contributed by atoms with E-state index in [-0.39, 0.29) is 22.7 Å². The molecule has 110 valence electrons. The maximum atomic E-state index is 13.7. The van der Waals surface area contributed by atoms with Crippen molar-refractivity contribution in [1.82, 2.24) is 0 Å². The van der Waals surface area contributed by atoms with Crippen LogP contribution in [0.5, 0.6) is 0 Å². The number of carbonyl (C=O) groups excluding carboxylic acids is 1. The van der Waals surface area contributed by atoms with Gasteiger partial charge in [0.1, 0.15) is 5.82 Å². The van der Waals surface area contributed by atoms with Gasteiger partial charge < -0.3 is 20.5 Å². The van der Waals surface area contributed by atoms with E-state index < -0.39 is 11.8 Å². The van der Waals surface area contributed by atoms with Gasteiger partial charge >= 0.3 is 5.97 Å². The molecule has 1 heterocycles. The van der Waals surface area contributed by atoms with Gasteiger partial charge in [-0.2, -0.15) is 0 Å². The molecule has 0 aliphatic carbocycles. The van der Waals surface area contributed by atoms with Crippen LogP contribution in [0, 0.1) is 11.2 Å². The van der Waals surface area contributed by atoms with Crippen LogP contribution in [0.4, 0.5) is 15.8 Å². The topological polar surface area (TPSA) is 73.6 Å². The predicted octanol–water partition coefficient (Wildman–Crippen LogP) is 2.03. The Hall–Kier alpha value is -1.82. The summed E-state index contributed by atoms with van der Waals surface area (Å²) in [5, 5.41) is 3.22. The Kier molecular flexibility index (Phi) is 3.85. The fourth-order valence-electron chi connectivity index (χ4n) is 2.17. The molecule has 1 saturated heterocycles.